The Morgan fingerprint density at radius 3 is 1.07 bits per heavy atom. The Kier molecular flexibility index (Phi) is 10.5. The van der Waals surface area contributed by atoms with Gasteiger partial charge in [-0.1, -0.05) is 157 Å². The normalized spacial score (nSPS) is 9.95. The molecule has 6 rings (SSSR count). The molecule has 0 spiro atoms. The van der Waals surface area contributed by atoms with Crippen molar-refractivity contribution in [2.45, 2.75) is 0 Å². The molecule has 0 amide bonds. The van der Waals surface area contributed by atoms with Crippen molar-refractivity contribution in [3.8, 4) is 33.8 Å². The number of phenolic OH excluding ortho intramolecular Hbond substituents is 2. The fraction of sp³-hybridized carbons (Fsp3) is 0. The molecule has 2 N–H and O–H groups in total. The smallest absolute Gasteiger partial charge is 0.100 e. The van der Waals surface area contributed by atoms with E-state index in [1.807, 2.05) is 84.9 Å². The fourth-order valence-electron chi connectivity index (χ4n) is 4.17. The monoisotopic (exact) mass is 700 g/mol. The maximum atomic E-state index is 9.76. The minimum Gasteiger partial charge on any atom is -0.655 e. The SMILES string of the molecule is Oc1ccccc1[N-]c1cccc(-c2ccccc2)c1.Oc1ccccc1[N-]c1cccc(-c2ccccc2)c1.[Hf]. The second kappa shape index (κ2) is 14.7. The average molecular weight is 699 g/mol. The summed E-state index contributed by atoms with van der Waals surface area (Å²) in [5.74, 6) is 0.384. The summed E-state index contributed by atoms with van der Waals surface area (Å²) in [5, 5.41) is 28.5. The predicted molar refractivity (Wildman–Crippen MR) is 165 cm³/mol. The first kappa shape index (κ1) is 29.4. The second-order valence-electron chi connectivity index (χ2n) is 9.03. The molecule has 0 bridgehead atoms. The molecule has 0 saturated carbocycles. The number of hydrogen-bond donors (Lipinski definition) is 2. The molecule has 5 heteroatoms. The van der Waals surface area contributed by atoms with Crippen molar-refractivity contribution in [3.05, 3.63) is 168 Å². The predicted octanol–water partition coefficient (Wildman–Crippen LogP) is 10.8. The van der Waals surface area contributed by atoms with Crippen LogP contribution in [0, 0.1) is 0 Å². The molecule has 41 heavy (non-hydrogen) atoms. The minimum atomic E-state index is 0. The largest absolute Gasteiger partial charge is 0.655 e. The van der Waals surface area contributed by atoms with Crippen molar-refractivity contribution >= 4 is 22.7 Å². The van der Waals surface area contributed by atoms with Crippen molar-refractivity contribution in [1.82, 2.24) is 0 Å². The summed E-state index contributed by atoms with van der Waals surface area (Å²) in [4.78, 5) is 0. The molecule has 0 saturated heterocycles. The molecule has 0 unspecified atom stereocenters. The first-order valence-electron chi connectivity index (χ1n) is 13.0. The molecule has 6 aromatic rings. The summed E-state index contributed by atoms with van der Waals surface area (Å²) >= 11 is 0. The fourth-order valence-corrected chi connectivity index (χ4v) is 4.17. The van der Waals surface area contributed by atoms with Crippen LogP contribution < -0.4 is 0 Å². The Morgan fingerprint density at radius 2 is 0.683 bits per heavy atom. The molecule has 0 radical (unpaired) electrons. The van der Waals surface area contributed by atoms with Crippen LogP contribution in [0.3, 0.4) is 0 Å². The van der Waals surface area contributed by atoms with Gasteiger partial charge in [0.05, 0.1) is 0 Å². The standard InChI is InChI=1S/2C18H14NO.Hf/c2*20-18-12-5-4-11-17(18)19-16-10-6-9-15(13-16)14-7-2-1-3-8-14;/h2*1-13,20H;/q2*-1;. The molecule has 0 aliphatic rings. The van der Waals surface area contributed by atoms with E-state index in [2.05, 4.69) is 47.0 Å². The van der Waals surface area contributed by atoms with Crippen LogP contribution >= 0.6 is 0 Å². The Morgan fingerprint density at radius 1 is 0.341 bits per heavy atom. The first-order chi connectivity index (χ1) is 19.7. The number of para-hydroxylation sites is 4. The van der Waals surface area contributed by atoms with Gasteiger partial charge < -0.3 is 20.8 Å². The van der Waals surface area contributed by atoms with Crippen LogP contribution in [-0.4, -0.2) is 10.2 Å². The van der Waals surface area contributed by atoms with Gasteiger partial charge in [-0.3, -0.25) is 0 Å². The van der Waals surface area contributed by atoms with Crippen LogP contribution in [0.2, 0.25) is 0 Å². The third kappa shape index (κ3) is 8.19. The minimum absolute atomic E-state index is 0. The summed E-state index contributed by atoms with van der Waals surface area (Å²) in [7, 11) is 0. The van der Waals surface area contributed by atoms with Crippen molar-refractivity contribution in [3.63, 3.8) is 0 Å². The summed E-state index contributed by atoms with van der Waals surface area (Å²) < 4.78 is 0. The molecule has 4 nitrogen and oxygen atoms in total. The Hall–Kier alpha value is -4.61. The Labute approximate surface area is 259 Å². The van der Waals surface area contributed by atoms with E-state index in [1.165, 1.54) is 0 Å². The Balaban J connectivity index is 0.000000184. The molecule has 0 aliphatic carbocycles. The molecular weight excluding hydrogens is 671 g/mol. The van der Waals surface area contributed by atoms with E-state index in [0.29, 0.717) is 11.4 Å². The summed E-state index contributed by atoms with van der Waals surface area (Å²) in [6.45, 7) is 0. The van der Waals surface area contributed by atoms with Crippen LogP contribution in [0.1, 0.15) is 0 Å². The van der Waals surface area contributed by atoms with E-state index in [0.717, 1.165) is 33.6 Å². The molecule has 0 aromatic heterocycles. The number of phenols is 2. The van der Waals surface area contributed by atoms with E-state index in [-0.39, 0.29) is 37.3 Å². The van der Waals surface area contributed by atoms with E-state index >= 15 is 0 Å². The van der Waals surface area contributed by atoms with Crippen LogP contribution in [0.25, 0.3) is 32.9 Å². The van der Waals surface area contributed by atoms with E-state index in [1.54, 1.807) is 36.4 Å². The van der Waals surface area contributed by atoms with Gasteiger partial charge in [-0.15, -0.1) is 11.4 Å². The summed E-state index contributed by atoms with van der Waals surface area (Å²) in [6.07, 6.45) is 0. The van der Waals surface area contributed by atoms with Crippen molar-refractivity contribution < 1.29 is 36.1 Å². The Bertz CT molecular complexity index is 1550. The molecule has 0 aliphatic heterocycles. The van der Waals surface area contributed by atoms with Gasteiger partial charge in [-0.25, -0.2) is 0 Å². The van der Waals surface area contributed by atoms with Crippen molar-refractivity contribution in [2.24, 2.45) is 0 Å². The van der Waals surface area contributed by atoms with Crippen molar-refractivity contribution in [2.75, 3.05) is 0 Å². The zero-order valence-electron chi connectivity index (χ0n) is 22.3. The number of benzene rings is 6. The third-order valence-electron chi connectivity index (χ3n) is 6.17. The van der Waals surface area contributed by atoms with Gasteiger partial charge in [0.1, 0.15) is 11.5 Å². The zero-order valence-corrected chi connectivity index (χ0v) is 25.9. The number of hydrogen-bond acceptors (Lipinski definition) is 2. The van der Waals surface area contributed by atoms with E-state index < -0.39 is 0 Å². The summed E-state index contributed by atoms with van der Waals surface area (Å²) in [5.41, 5.74) is 7.35. The maximum absolute atomic E-state index is 9.76. The van der Waals surface area contributed by atoms with Gasteiger partial charge in [0.15, 0.2) is 0 Å². The van der Waals surface area contributed by atoms with Crippen LogP contribution in [0.4, 0.5) is 22.7 Å². The van der Waals surface area contributed by atoms with Crippen LogP contribution in [0.5, 0.6) is 11.5 Å². The van der Waals surface area contributed by atoms with Crippen molar-refractivity contribution in [1.29, 1.82) is 0 Å². The molecule has 200 valence electrons. The van der Waals surface area contributed by atoms with E-state index in [9.17, 15) is 10.2 Å². The van der Waals surface area contributed by atoms with Gasteiger partial charge >= 0.3 is 0 Å². The van der Waals surface area contributed by atoms with Crippen LogP contribution in [-0.2, 0) is 25.8 Å². The zero-order chi connectivity index (χ0) is 27.6. The first-order valence-corrected chi connectivity index (χ1v) is 13.0. The average Bonchev–Trinajstić information content (AvgIpc) is 3.01. The molecular formula is C36H28HfN2O2-2. The van der Waals surface area contributed by atoms with Gasteiger partial charge in [0.2, 0.25) is 0 Å². The number of rotatable bonds is 6. The van der Waals surface area contributed by atoms with Gasteiger partial charge in [0, 0.05) is 25.8 Å². The van der Waals surface area contributed by atoms with Gasteiger partial charge in [0.25, 0.3) is 0 Å². The third-order valence-corrected chi connectivity index (χ3v) is 6.17. The quantitative estimate of drug-likeness (QED) is 0.170. The van der Waals surface area contributed by atoms with Crippen LogP contribution in [0.15, 0.2) is 158 Å². The van der Waals surface area contributed by atoms with Gasteiger partial charge in [-0.2, -0.15) is 0 Å². The molecule has 6 aromatic carbocycles. The number of nitrogens with zero attached hydrogens (tertiary/aromatic N) is 2. The second-order valence-corrected chi connectivity index (χ2v) is 9.03. The van der Waals surface area contributed by atoms with Gasteiger partial charge in [-0.05, 0) is 34.4 Å². The molecule has 0 fully saturated rings. The number of aromatic hydroxyl groups is 2. The van der Waals surface area contributed by atoms with E-state index in [4.69, 9.17) is 0 Å². The maximum Gasteiger partial charge on any atom is 0.100 e. The molecule has 0 heterocycles. The molecule has 0 atom stereocenters. The summed E-state index contributed by atoms with van der Waals surface area (Å²) in [6, 6.07) is 50.4. The topological polar surface area (TPSA) is 68.7 Å².